The highest BCUT2D eigenvalue weighted by atomic mass is 35.5. The van der Waals surface area contributed by atoms with Crippen LogP contribution >= 0.6 is 22.9 Å². The van der Waals surface area contributed by atoms with Crippen molar-refractivity contribution in [2.75, 3.05) is 0 Å². The fourth-order valence-electron chi connectivity index (χ4n) is 3.07. The van der Waals surface area contributed by atoms with Crippen molar-refractivity contribution in [1.82, 2.24) is 4.98 Å². The second kappa shape index (κ2) is 9.11. The third kappa shape index (κ3) is 4.87. The summed E-state index contributed by atoms with van der Waals surface area (Å²) in [6.45, 7) is 0.453. The molecule has 0 saturated carbocycles. The molecule has 0 atom stereocenters. The maximum atomic E-state index is 11.2. The number of benzene rings is 3. The maximum absolute atomic E-state index is 11.2. The van der Waals surface area contributed by atoms with Crippen LogP contribution in [-0.2, 0) is 13.0 Å². The van der Waals surface area contributed by atoms with Crippen LogP contribution in [-0.4, -0.2) is 16.1 Å². The average molecular weight is 436 g/mol. The molecule has 0 aliphatic carbocycles. The Kier molecular flexibility index (Phi) is 6.12. The number of aromatic nitrogens is 1. The molecule has 0 saturated heterocycles. The molecule has 3 aromatic carbocycles. The molecule has 1 aromatic heterocycles. The van der Waals surface area contributed by atoms with Gasteiger partial charge < -0.3 is 9.84 Å². The van der Waals surface area contributed by atoms with Gasteiger partial charge in [0.05, 0.1) is 16.3 Å². The van der Waals surface area contributed by atoms with Gasteiger partial charge in [-0.2, -0.15) is 0 Å². The molecule has 4 rings (SSSR count). The van der Waals surface area contributed by atoms with E-state index >= 15 is 0 Å². The second-order valence-electron chi connectivity index (χ2n) is 6.72. The minimum Gasteiger partial charge on any atom is -0.488 e. The molecule has 6 heteroatoms. The van der Waals surface area contributed by atoms with Crippen molar-refractivity contribution in [2.45, 2.75) is 13.0 Å². The lowest BCUT2D eigenvalue weighted by Gasteiger charge is -2.11. The molecule has 1 N–H and O–H groups in total. The number of aromatic carboxylic acids is 1. The zero-order valence-electron chi connectivity index (χ0n) is 15.9. The smallest absolute Gasteiger partial charge is 0.335 e. The summed E-state index contributed by atoms with van der Waals surface area (Å²) in [7, 11) is 0. The van der Waals surface area contributed by atoms with E-state index in [1.807, 2.05) is 53.9 Å². The molecule has 0 aliphatic heterocycles. The van der Waals surface area contributed by atoms with Gasteiger partial charge in [-0.3, -0.25) is 0 Å². The molecular weight excluding hydrogens is 418 g/mol. The van der Waals surface area contributed by atoms with E-state index in [1.165, 1.54) is 11.3 Å². The number of hydrogen-bond donors (Lipinski definition) is 1. The van der Waals surface area contributed by atoms with Gasteiger partial charge in [-0.15, -0.1) is 11.3 Å². The third-order valence-corrected chi connectivity index (χ3v) is 5.62. The Labute approximate surface area is 183 Å². The number of nitrogens with zero attached hydrogens (tertiary/aromatic N) is 1. The predicted molar refractivity (Wildman–Crippen MR) is 120 cm³/mol. The van der Waals surface area contributed by atoms with Crippen molar-refractivity contribution < 1.29 is 14.6 Å². The minimum absolute atomic E-state index is 0.274. The number of hydrogen-bond acceptors (Lipinski definition) is 4. The molecule has 0 amide bonds. The van der Waals surface area contributed by atoms with E-state index in [4.69, 9.17) is 21.3 Å². The summed E-state index contributed by atoms with van der Waals surface area (Å²) < 4.78 is 6.04. The summed E-state index contributed by atoms with van der Waals surface area (Å²) >= 11 is 7.76. The Morgan fingerprint density at radius 3 is 2.60 bits per heavy atom. The highest BCUT2D eigenvalue weighted by Gasteiger charge is 2.13. The Hall–Kier alpha value is -3.15. The van der Waals surface area contributed by atoms with Gasteiger partial charge in [-0.1, -0.05) is 54.1 Å². The molecular formula is C24H18ClNO3S. The van der Waals surface area contributed by atoms with Gasteiger partial charge >= 0.3 is 5.97 Å². The molecule has 0 unspecified atom stereocenters. The Bertz CT molecular complexity index is 1170. The van der Waals surface area contributed by atoms with Crippen LogP contribution < -0.4 is 4.74 Å². The highest BCUT2D eigenvalue weighted by Crippen LogP contribution is 2.34. The Morgan fingerprint density at radius 2 is 1.80 bits per heavy atom. The van der Waals surface area contributed by atoms with Gasteiger partial charge in [0, 0.05) is 22.4 Å². The van der Waals surface area contributed by atoms with Crippen molar-refractivity contribution in [1.29, 1.82) is 0 Å². The van der Waals surface area contributed by atoms with E-state index in [0.29, 0.717) is 23.8 Å². The van der Waals surface area contributed by atoms with Crippen molar-refractivity contribution >= 4 is 28.9 Å². The van der Waals surface area contributed by atoms with E-state index < -0.39 is 5.97 Å². The van der Waals surface area contributed by atoms with Crippen LogP contribution in [0.4, 0.5) is 0 Å². The summed E-state index contributed by atoms with van der Waals surface area (Å²) in [6.07, 6.45) is 0.562. The number of carboxylic acids is 1. The van der Waals surface area contributed by atoms with E-state index in [-0.39, 0.29) is 5.56 Å². The second-order valence-corrected chi connectivity index (χ2v) is 8.10. The van der Waals surface area contributed by atoms with E-state index in [0.717, 1.165) is 27.4 Å². The topological polar surface area (TPSA) is 59.4 Å². The van der Waals surface area contributed by atoms with Crippen molar-refractivity contribution in [3.05, 3.63) is 105 Å². The van der Waals surface area contributed by atoms with Gasteiger partial charge in [0.2, 0.25) is 0 Å². The number of halogens is 1. The zero-order chi connectivity index (χ0) is 20.9. The number of ether oxygens (including phenoxy) is 1. The monoisotopic (exact) mass is 435 g/mol. The summed E-state index contributed by atoms with van der Waals surface area (Å²) in [5, 5.41) is 12.6. The predicted octanol–water partition coefficient (Wildman–Crippen LogP) is 6.33. The van der Waals surface area contributed by atoms with Crippen LogP contribution in [0.3, 0.4) is 0 Å². The summed E-state index contributed by atoms with van der Waals surface area (Å²) in [4.78, 5) is 15.9. The fraction of sp³-hybridized carbons (Fsp3) is 0.0833. The molecule has 4 aromatic rings. The van der Waals surface area contributed by atoms with E-state index in [9.17, 15) is 9.90 Å². The van der Waals surface area contributed by atoms with Crippen molar-refractivity contribution in [3.63, 3.8) is 0 Å². The van der Waals surface area contributed by atoms with Gasteiger partial charge in [0.1, 0.15) is 12.4 Å². The number of thiazole rings is 1. The van der Waals surface area contributed by atoms with Crippen LogP contribution in [0.25, 0.3) is 11.3 Å². The van der Waals surface area contributed by atoms with Gasteiger partial charge in [-0.05, 0) is 41.5 Å². The highest BCUT2D eigenvalue weighted by molar-refractivity contribution is 7.10. The van der Waals surface area contributed by atoms with Crippen LogP contribution in [0.5, 0.6) is 5.75 Å². The standard InChI is InChI=1S/C24H18ClNO3S/c25-19-9-10-22(29-14-16-5-2-1-3-6-16)20(13-19)21-15-30-23(26-21)12-17-7-4-8-18(11-17)24(27)28/h1-11,13,15H,12,14H2,(H,27,28). The fourth-order valence-corrected chi connectivity index (χ4v) is 4.07. The van der Waals surface area contributed by atoms with Crippen LogP contribution in [0, 0.1) is 0 Å². The third-order valence-electron chi connectivity index (χ3n) is 4.54. The van der Waals surface area contributed by atoms with Gasteiger partial charge in [0.25, 0.3) is 0 Å². The van der Waals surface area contributed by atoms with Crippen LogP contribution in [0.15, 0.2) is 78.2 Å². The normalized spacial score (nSPS) is 10.7. The SMILES string of the molecule is O=C(O)c1cccc(Cc2nc(-c3cc(Cl)ccc3OCc3ccccc3)cs2)c1. The quantitative estimate of drug-likeness (QED) is 0.368. The lowest BCUT2D eigenvalue weighted by molar-refractivity contribution is 0.0696. The van der Waals surface area contributed by atoms with Crippen LogP contribution in [0.1, 0.15) is 26.5 Å². The first-order valence-corrected chi connectivity index (χ1v) is 10.6. The molecule has 1 heterocycles. The number of rotatable bonds is 7. The minimum atomic E-state index is -0.934. The van der Waals surface area contributed by atoms with E-state index in [2.05, 4.69) is 0 Å². The number of carboxylic acid groups (broad SMARTS) is 1. The van der Waals surface area contributed by atoms with Gasteiger partial charge in [0.15, 0.2) is 0 Å². The molecule has 0 aliphatic rings. The maximum Gasteiger partial charge on any atom is 0.335 e. The molecule has 30 heavy (non-hydrogen) atoms. The summed E-state index contributed by atoms with van der Waals surface area (Å²) in [5.74, 6) is -0.219. The molecule has 150 valence electrons. The number of carbonyl (C=O) groups is 1. The molecule has 0 fully saturated rings. The summed E-state index contributed by atoms with van der Waals surface area (Å²) in [5.41, 5.74) is 3.88. The first-order valence-electron chi connectivity index (χ1n) is 9.32. The zero-order valence-corrected chi connectivity index (χ0v) is 17.5. The summed E-state index contributed by atoms with van der Waals surface area (Å²) in [6, 6.07) is 22.4. The van der Waals surface area contributed by atoms with E-state index in [1.54, 1.807) is 24.3 Å². The Balaban J connectivity index is 1.56. The van der Waals surface area contributed by atoms with Gasteiger partial charge in [-0.25, -0.2) is 9.78 Å². The average Bonchev–Trinajstić information content (AvgIpc) is 3.22. The Morgan fingerprint density at radius 1 is 1.00 bits per heavy atom. The first kappa shape index (κ1) is 20.1. The molecule has 0 spiro atoms. The lowest BCUT2D eigenvalue weighted by Crippen LogP contribution is -1.98. The molecule has 0 radical (unpaired) electrons. The lowest BCUT2D eigenvalue weighted by atomic mass is 10.1. The van der Waals surface area contributed by atoms with Crippen molar-refractivity contribution in [3.8, 4) is 17.0 Å². The largest absolute Gasteiger partial charge is 0.488 e. The van der Waals surface area contributed by atoms with Crippen LogP contribution in [0.2, 0.25) is 5.02 Å². The molecule has 4 nitrogen and oxygen atoms in total. The van der Waals surface area contributed by atoms with Crippen molar-refractivity contribution in [2.24, 2.45) is 0 Å². The first-order chi connectivity index (χ1) is 14.6. The molecule has 0 bridgehead atoms.